The number of ether oxygens (including phenoxy) is 9. The molecule has 4 fully saturated rings. The number of hydrogen-bond acceptors (Lipinski definition) is 29. The Bertz CT molecular complexity index is 2740. The first-order valence-corrected chi connectivity index (χ1v) is 43.8. The van der Waals surface area contributed by atoms with E-state index in [4.69, 9.17) is 47.2 Å². The minimum absolute atomic E-state index is 0.0437. The van der Waals surface area contributed by atoms with Gasteiger partial charge in [0, 0.05) is 148 Å². The van der Waals surface area contributed by atoms with Crippen LogP contribution in [-0.4, -0.2) is 338 Å². The lowest BCUT2D eigenvalue weighted by Gasteiger charge is -2.40. The molecule has 116 heavy (non-hydrogen) atoms. The second kappa shape index (κ2) is 59.0. The predicted octanol–water partition coefficient (Wildman–Crippen LogP) is -1.20. The van der Waals surface area contributed by atoms with Crippen LogP contribution in [0.1, 0.15) is 194 Å². The van der Waals surface area contributed by atoms with E-state index in [9.17, 15) is 98.9 Å². The normalized spacial score (nSPS) is 26.6. The molecule has 674 valence electrons. The van der Waals surface area contributed by atoms with E-state index < -0.39 is 137 Å². The van der Waals surface area contributed by atoms with Gasteiger partial charge in [0.2, 0.25) is 47.3 Å². The third kappa shape index (κ3) is 42.6. The van der Waals surface area contributed by atoms with Crippen LogP contribution in [0.4, 0.5) is 0 Å². The molecule has 4 saturated heterocycles. The molecule has 4 aliphatic heterocycles. The summed E-state index contributed by atoms with van der Waals surface area (Å²) in [5.74, 6) is -3.68. The van der Waals surface area contributed by atoms with Crippen LogP contribution in [0.25, 0.3) is 0 Å². The van der Waals surface area contributed by atoms with Crippen LogP contribution in [0.5, 0.6) is 0 Å². The molecule has 0 aromatic carbocycles. The summed E-state index contributed by atoms with van der Waals surface area (Å²) in [7, 11) is -3.75. The Hall–Kier alpha value is -4.85. The Morgan fingerprint density at radius 2 is 0.741 bits per heavy atom. The lowest BCUT2D eigenvalue weighted by atomic mass is 9.92. The van der Waals surface area contributed by atoms with Crippen LogP contribution in [0.15, 0.2) is 0 Å². The fraction of sp³-hybridized carbons (Fsp3) is 0.896. The smallest absolute Gasteiger partial charge is 0.325 e. The number of nitrogens with one attached hydrogen (secondary N) is 7. The Labute approximate surface area is 682 Å². The Morgan fingerprint density at radius 3 is 1.12 bits per heavy atom. The van der Waals surface area contributed by atoms with Crippen LogP contribution < -0.4 is 37.2 Å². The lowest BCUT2D eigenvalue weighted by Crippen LogP contribution is -2.58. The first-order chi connectivity index (χ1) is 55.5. The van der Waals surface area contributed by atoms with Gasteiger partial charge in [-0.05, 0) is 77.0 Å². The number of nitrogens with zero attached hydrogens (tertiary/aromatic N) is 1. The number of carbonyl (C=O) groups is 8. The molecule has 16 unspecified atom stereocenters. The minimum Gasteiger partial charge on any atom is -0.394 e. The van der Waals surface area contributed by atoms with Gasteiger partial charge in [0.25, 0.3) is 0 Å². The van der Waals surface area contributed by atoms with Crippen molar-refractivity contribution in [3.63, 3.8) is 0 Å². The topological polar surface area (TPSA) is 556 Å². The van der Waals surface area contributed by atoms with Crippen molar-refractivity contribution < 1.29 is 146 Å². The molecule has 4 heterocycles. The second-order valence-corrected chi connectivity index (χ2v) is 32.8. The molecule has 18 N–H and O–H groups in total. The van der Waals surface area contributed by atoms with Crippen molar-refractivity contribution in [1.29, 1.82) is 0 Å². The van der Waals surface area contributed by atoms with Gasteiger partial charge in [-0.25, -0.2) is 0 Å². The van der Waals surface area contributed by atoms with E-state index in [1.807, 2.05) is 0 Å². The summed E-state index contributed by atoms with van der Waals surface area (Å²) in [6.07, 6.45) is -1.33. The Morgan fingerprint density at radius 1 is 0.405 bits per heavy atom. The highest BCUT2D eigenvalue weighted by Crippen LogP contribution is 2.38. The summed E-state index contributed by atoms with van der Waals surface area (Å²) in [6.45, 7) is 5.96. The van der Waals surface area contributed by atoms with Crippen molar-refractivity contribution in [2.24, 2.45) is 17.8 Å². The first kappa shape index (κ1) is 103. The van der Waals surface area contributed by atoms with Crippen LogP contribution in [0.2, 0.25) is 0 Å². The highest BCUT2D eigenvalue weighted by atomic mass is 31.2. The summed E-state index contributed by atoms with van der Waals surface area (Å²) in [5, 5.41) is 120. The van der Waals surface area contributed by atoms with E-state index in [0.29, 0.717) is 70.6 Å². The number of amides is 8. The molecule has 0 aliphatic carbocycles. The van der Waals surface area contributed by atoms with E-state index in [-0.39, 0.29) is 223 Å². The molecule has 0 radical (unpaired) electrons. The number of unbranched alkanes of at least 4 members (excludes halogenated alkanes) is 10. The zero-order valence-electron chi connectivity index (χ0n) is 68.6. The molecule has 0 spiro atoms. The van der Waals surface area contributed by atoms with Crippen molar-refractivity contribution in [1.82, 2.24) is 42.1 Å². The molecule has 0 saturated carbocycles. The predicted molar refractivity (Wildman–Crippen MR) is 418 cm³/mol. The first-order valence-electron chi connectivity index (χ1n) is 41.8. The van der Waals surface area contributed by atoms with Gasteiger partial charge in [-0.3, -0.25) is 42.9 Å². The number of carbonyl (C=O) groups excluding carboxylic acids is 8. The quantitative estimate of drug-likeness (QED) is 0.0251. The molecular weight excluding hydrogens is 1550 g/mol. The number of hydrogen-bond donors (Lipinski definition) is 18. The standard InChI is InChI=1S/C77H141N8O30P/c1-52-57(90)43-58(91)59(45-86)113-74(52)109-36-16-13-22-62(92)78-30-19-33-81-65(95)27-39-106-49-77(84-68(98)25-11-9-7-5-6-8-10-12-26-69(99)85-44-56(89)42-55(85)48-112-116(4,104)105,50-107-40-28-66(96)82-34-20-31-79-63(93)23-14-17-37-110-75-53(2)70(100)72(102)60(46-87)114-75)51-108-41-29-67(97)83-35-21-32-80-64(94)24-15-18-38-111-76-54(3)71(101)73(103)61(47-88)115-76/h52-61,70-76,86-91,100-103H,5-51H2,1-4H3,(H,78,92)(H,79,93)(H,80,94)(H,81,95)(H,82,96)(H,83,97)(H,84,98)(H,104,105)/t52?,53?,54?,55-,56+,57?,58?,59?,60?,61?,70?,71?,72?,73?,74?,75?,76?,77?/m0/s1. The fourth-order valence-corrected chi connectivity index (χ4v) is 14.0. The summed E-state index contributed by atoms with van der Waals surface area (Å²) in [5.41, 5.74) is -1.41. The third-order valence-electron chi connectivity index (χ3n) is 20.8. The number of likely N-dealkylation sites (tertiary alicyclic amines) is 1. The molecule has 18 atom stereocenters. The van der Waals surface area contributed by atoms with Crippen LogP contribution in [0, 0.1) is 17.8 Å². The Balaban J connectivity index is 1.28. The summed E-state index contributed by atoms with van der Waals surface area (Å²) >= 11 is 0. The number of rotatable bonds is 63. The van der Waals surface area contributed by atoms with E-state index >= 15 is 0 Å². The molecular formula is C77H141N8O30P. The van der Waals surface area contributed by atoms with Crippen molar-refractivity contribution in [3.05, 3.63) is 0 Å². The SMILES string of the molecule is CC1C(O)CC(O)C(CO)OC1OCCCCC(=O)NCCCNC(=O)CCOCC(COCCC(=O)NCCCNC(=O)CCCCOC1OC(CO)C(O)C(O)C1C)(COCCC(=O)NCCCNC(=O)CCCCOC1OC(CO)C(O)C(O)C1C)NC(=O)CCCCCCCCCCC(=O)N1C[C@H](O)C[C@H]1COP(C)(=O)O. The maximum atomic E-state index is 14.0. The molecule has 0 aromatic heterocycles. The third-order valence-corrected chi connectivity index (χ3v) is 21.4. The fourth-order valence-electron chi connectivity index (χ4n) is 13.5. The summed E-state index contributed by atoms with van der Waals surface area (Å²) in [6, 6.07) is -0.480. The van der Waals surface area contributed by atoms with Gasteiger partial charge >= 0.3 is 7.60 Å². The lowest BCUT2D eigenvalue weighted by molar-refractivity contribution is -0.282. The number of β-amino-alcohol motifs (C(OH)–C–C–N with tert-alkyl or cyclic N) is 1. The molecule has 39 heteroatoms. The molecule has 0 aromatic rings. The van der Waals surface area contributed by atoms with Crippen molar-refractivity contribution >= 4 is 54.9 Å². The van der Waals surface area contributed by atoms with Crippen molar-refractivity contribution in [3.8, 4) is 0 Å². The maximum Gasteiger partial charge on any atom is 0.325 e. The monoisotopic (exact) mass is 1690 g/mol. The molecule has 4 rings (SSSR count). The van der Waals surface area contributed by atoms with Gasteiger partial charge in [0.15, 0.2) is 18.9 Å². The highest BCUT2D eigenvalue weighted by molar-refractivity contribution is 7.51. The molecule has 8 amide bonds. The van der Waals surface area contributed by atoms with Crippen LogP contribution in [0.3, 0.4) is 0 Å². The van der Waals surface area contributed by atoms with E-state index in [2.05, 4.69) is 37.2 Å². The van der Waals surface area contributed by atoms with Gasteiger partial charge in [0.05, 0.1) is 103 Å². The molecule has 38 nitrogen and oxygen atoms in total. The molecule has 0 bridgehead atoms. The van der Waals surface area contributed by atoms with Gasteiger partial charge < -0.3 is 145 Å². The number of aliphatic hydroxyl groups is 10. The highest BCUT2D eigenvalue weighted by Gasteiger charge is 2.45. The zero-order valence-corrected chi connectivity index (χ0v) is 69.5. The van der Waals surface area contributed by atoms with Crippen molar-refractivity contribution in [2.75, 3.05) is 138 Å². The second-order valence-electron chi connectivity index (χ2n) is 31.0. The van der Waals surface area contributed by atoms with Gasteiger partial charge in [0.1, 0.15) is 36.1 Å². The maximum absolute atomic E-state index is 14.0. The van der Waals surface area contributed by atoms with E-state index in [1.165, 1.54) is 4.90 Å². The largest absolute Gasteiger partial charge is 0.394 e. The number of aliphatic hydroxyl groups excluding tert-OH is 10. The van der Waals surface area contributed by atoms with Gasteiger partial charge in [-0.1, -0.05) is 59.3 Å². The zero-order chi connectivity index (χ0) is 85.3. The van der Waals surface area contributed by atoms with E-state index in [0.717, 1.165) is 45.2 Å². The average Bonchev–Trinajstić information content (AvgIpc) is 1.24. The summed E-state index contributed by atoms with van der Waals surface area (Å²) < 4.78 is 69.3. The van der Waals surface area contributed by atoms with Gasteiger partial charge in [-0.15, -0.1) is 0 Å². The minimum atomic E-state index is -3.75. The Kier molecular flexibility index (Phi) is 52.6. The van der Waals surface area contributed by atoms with Crippen LogP contribution in [-0.2, 0) is 90.1 Å². The molecule has 4 aliphatic rings. The van der Waals surface area contributed by atoms with Crippen molar-refractivity contribution in [2.45, 2.75) is 286 Å². The van der Waals surface area contributed by atoms with Crippen LogP contribution >= 0.6 is 7.60 Å². The van der Waals surface area contributed by atoms with E-state index in [1.54, 1.807) is 20.8 Å². The average molecular weight is 1690 g/mol. The van der Waals surface area contributed by atoms with Gasteiger partial charge in [-0.2, -0.15) is 0 Å². The summed E-state index contributed by atoms with van der Waals surface area (Å²) in [4.78, 5) is 115.